The van der Waals surface area contributed by atoms with Gasteiger partial charge in [-0.25, -0.2) is 0 Å². The van der Waals surface area contributed by atoms with Crippen LogP contribution in [0.1, 0.15) is 59.8 Å². The fraction of sp³-hybridized carbons (Fsp3) is 0.857. The van der Waals surface area contributed by atoms with Crippen LogP contribution in [0.5, 0.6) is 0 Å². The molecule has 0 aromatic rings. The molecule has 4 nitrogen and oxygen atoms in total. The monoisotopic (exact) mass is 266 g/mol. The Hall–Kier alpha value is -0.835. The third-order valence-corrected chi connectivity index (χ3v) is 4.02. The SMILES string of the molecule is CC=O.[B]N1CCCC1C(=O)NC(CC)(CC)CC. The van der Waals surface area contributed by atoms with E-state index in [1.165, 1.54) is 6.92 Å². The van der Waals surface area contributed by atoms with E-state index in [1.807, 2.05) is 0 Å². The van der Waals surface area contributed by atoms with Crippen molar-refractivity contribution in [2.24, 2.45) is 0 Å². The van der Waals surface area contributed by atoms with Crippen LogP contribution < -0.4 is 5.32 Å². The van der Waals surface area contributed by atoms with Gasteiger partial charge in [-0.15, -0.1) is 0 Å². The first-order chi connectivity index (χ1) is 9.00. The van der Waals surface area contributed by atoms with Gasteiger partial charge in [0.25, 0.3) is 0 Å². The summed E-state index contributed by atoms with van der Waals surface area (Å²) in [4.78, 5) is 22.6. The highest BCUT2D eigenvalue weighted by Crippen LogP contribution is 2.21. The van der Waals surface area contributed by atoms with Crippen LogP contribution in [0.2, 0.25) is 0 Å². The predicted octanol–water partition coefficient (Wildman–Crippen LogP) is 1.82. The van der Waals surface area contributed by atoms with Gasteiger partial charge in [-0.2, -0.15) is 0 Å². The minimum atomic E-state index is -0.121. The first kappa shape index (κ1) is 18.2. The maximum Gasteiger partial charge on any atom is 0.236 e. The van der Waals surface area contributed by atoms with Crippen molar-refractivity contribution in [2.75, 3.05) is 6.54 Å². The second-order valence-corrected chi connectivity index (χ2v) is 4.96. The molecule has 0 aromatic heterocycles. The molecular weight excluding hydrogens is 239 g/mol. The smallest absolute Gasteiger partial charge is 0.236 e. The molecule has 1 saturated heterocycles. The Morgan fingerprint density at radius 2 is 1.84 bits per heavy atom. The lowest BCUT2D eigenvalue weighted by Gasteiger charge is -2.34. The van der Waals surface area contributed by atoms with Gasteiger partial charge < -0.3 is 14.9 Å². The Bertz CT molecular complexity index is 272. The van der Waals surface area contributed by atoms with Gasteiger partial charge in [0.2, 0.25) is 5.91 Å². The number of nitrogens with one attached hydrogen (secondary N) is 1. The summed E-state index contributed by atoms with van der Waals surface area (Å²) in [5, 5.41) is 3.19. The fourth-order valence-corrected chi connectivity index (χ4v) is 2.43. The molecule has 0 aliphatic carbocycles. The van der Waals surface area contributed by atoms with Crippen LogP contribution in [0, 0.1) is 0 Å². The van der Waals surface area contributed by atoms with Crippen LogP contribution in [0.15, 0.2) is 0 Å². The molecule has 1 aliphatic rings. The Balaban J connectivity index is 0.000000982. The highest BCUT2D eigenvalue weighted by molar-refractivity contribution is 6.07. The van der Waals surface area contributed by atoms with Crippen molar-refractivity contribution in [1.82, 2.24) is 10.1 Å². The fourth-order valence-electron chi connectivity index (χ4n) is 2.43. The van der Waals surface area contributed by atoms with Gasteiger partial charge >= 0.3 is 0 Å². The minimum Gasteiger partial charge on any atom is -0.349 e. The van der Waals surface area contributed by atoms with Crippen LogP contribution in [0.25, 0.3) is 0 Å². The van der Waals surface area contributed by atoms with Crippen LogP contribution in [0.3, 0.4) is 0 Å². The topological polar surface area (TPSA) is 49.4 Å². The highest BCUT2D eigenvalue weighted by atomic mass is 16.2. The number of hydrogen-bond acceptors (Lipinski definition) is 3. The second-order valence-electron chi connectivity index (χ2n) is 4.96. The summed E-state index contributed by atoms with van der Waals surface area (Å²) in [7, 11) is 5.80. The molecule has 0 bridgehead atoms. The summed E-state index contributed by atoms with van der Waals surface area (Å²) in [6.07, 6.45) is 5.58. The molecule has 0 spiro atoms. The summed E-state index contributed by atoms with van der Waals surface area (Å²) in [6.45, 7) is 8.65. The van der Waals surface area contributed by atoms with E-state index in [1.54, 1.807) is 4.81 Å². The van der Waals surface area contributed by atoms with Crippen molar-refractivity contribution >= 4 is 20.2 Å². The number of hydrogen-bond donors (Lipinski definition) is 1. The van der Waals surface area contributed by atoms with Gasteiger partial charge in [0, 0.05) is 5.54 Å². The number of carbonyl (C=O) groups is 2. The molecular formula is C14H27BN2O2. The van der Waals surface area contributed by atoms with Crippen molar-refractivity contribution in [3.05, 3.63) is 0 Å². The van der Waals surface area contributed by atoms with Gasteiger partial charge in [0.05, 0.1) is 6.04 Å². The van der Waals surface area contributed by atoms with Crippen LogP contribution in [-0.4, -0.2) is 43.1 Å². The van der Waals surface area contributed by atoms with E-state index in [0.29, 0.717) is 0 Å². The number of rotatable bonds is 5. The zero-order chi connectivity index (χ0) is 14.9. The molecule has 1 heterocycles. The Morgan fingerprint density at radius 1 is 1.37 bits per heavy atom. The van der Waals surface area contributed by atoms with E-state index < -0.39 is 0 Å². The highest BCUT2D eigenvalue weighted by Gasteiger charge is 2.32. The van der Waals surface area contributed by atoms with Crippen molar-refractivity contribution in [3.8, 4) is 0 Å². The number of amides is 1. The second kappa shape index (κ2) is 9.13. The predicted molar refractivity (Wildman–Crippen MR) is 79.0 cm³/mol. The van der Waals surface area contributed by atoms with Crippen molar-refractivity contribution in [3.63, 3.8) is 0 Å². The maximum absolute atomic E-state index is 12.1. The third kappa shape index (κ3) is 5.35. The summed E-state index contributed by atoms with van der Waals surface area (Å²) in [5.41, 5.74) is -0.0412. The van der Waals surface area contributed by atoms with Crippen LogP contribution in [0.4, 0.5) is 0 Å². The molecule has 1 atom stereocenters. The average Bonchev–Trinajstić information content (AvgIpc) is 2.83. The lowest BCUT2D eigenvalue weighted by atomic mass is 9.89. The molecule has 1 aliphatic heterocycles. The lowest BCUT2D eigenvalue weighted by molar-refractivity contribution is -0.126. The molecule has 0 saturated carbocycles. The van der Waals surface area contributed by atoms with E-state index in [2.05, 4.69) is 26.1 Å². The van der Waals surface area contributed by atoms with Crippen LogP contribution in [-0.2, 0) is 9.59 Å². The molecule has 0 aromatic carbocycles. The zero-order valence-electron chi connectivity index (χ0n) is 12.7. The van der Waals surface area contributed by atoms with E-state index >= 15 is 0 Å². The number of nitrogens with zero attached hydrogens (tertiary/aromatic N) is 1. The summed E-state index contributed by atoms with van der Waals surface area (Å²) in [5.74, 6) is 0.102. The first-order valence-corrected chi connectivity index (χ1v) is 7.23. The largest absolute Gasteiger partial charge is 0.349 e. The quantitative estimate of drug-likeness (QED) is 0.610. The van der Waals surface area contributed by atoms with E-state index in [9.17, 15) is 4.79 Å². The average molecular weight is 266 g/mol. The molecule has 1 amide bonds. The summed E-state index contributed by atoms with van der Waals surface area (Å²) >= 11 is 0. The molecule has 19 heavy (non-hydrogen) atoms. The first-order valence-electron chi connectivity index (χ1n) is 7.23. The lowest BCUT2D eigenvalue weighted by Crippen LogP contribution is -2.53. The van der Waals surface area contributed by atoms with E-state index in [0.717, 1.165) is 44.9 Å². The van der Waals surface area contributed by atoms with Crippen molar-refractivity contribution < 1.29 is 9.59 Å². The normalized spacial score (nSPS) is 19.5. The Morgan fingerprint density at radius 3 is 2.16 bits per heavy atom. The van der Waals surface area contributed by atoms with Crippen molar-refractivity contribution in [1.29, 1.82) is 0 Å². The number of aldehydes is 1. The molecule has 1 unspecified atom stereocenters. The Labute approximate surface area is 118 Å². The number of carbonyl (C=O) groups excluding carboxylic acids is 2. The van der Waals surface area contributed by atoms with E-state index in [4.69, 9.17) is 12.8 Å². The molecule has 1 rings (SSSR count). The molecule has 1 fully saturated rings. The van der Waals surface area contributed by atoms with Crippen molar-refractivity contribution in [2.45, 2.75) is 71.4 Å². The molecule has 108 valence electrons. The maximum atomic E-state index is 12.1. The summed E-state index contributed by atoms with van der Waals surface area (Å²) < 4.78 is 0. The van der Waals surface area contributed by atoms with Gasteiger partial charge in [-0.3, -0.25) is 4.79 Å². The van der Waals surface area contributed by atoms with Crippen LogP contribution >= 0.6 is 0 Å². The standard InChI is InChI=1S/C12H23BN2O.C2H4O/c1-4-12(5-2,6-3)14-11(16)10-8-7-9-15(10)13;1-2-3/h10H,4-9H2,1-3H3,(H,14,16);2H,1H3. The van der Waals surface area contributed by atoms with Gasteiger partial charge in [-0.1, -0.05) is 20.8 Å². The zero-order valence-corrected chi connectivity index (χ0v) is 12.7. The molecule has 2 radical (unpaired) electrons. The van der Waals surface area contributed by atoms with E-state index in [-0.39, 0.29) is 17.5 Å². The third-order valence-electron chi connectivity index (χ3n) is 4.02. The van der Waals surface area contributed by atoms with Gasteiger partial charge in [0.1, 0.15) is 6.29 Å². The minimum absolute atomic E-state index is 0.0412. The summed E-state index contributed by atoms with van der Waals surface area (Å²) in [6, 6.07) is -0.121. The Kier molecular flexibility index (Phi) is 8.73. The molecule has 1 N–H and O–H groups in total. The van der Waals surface area contributed by atoms with Gasteiger partial charge in [-0.05, 0) is 45.6 Å². The molecule has 5 heteroatoms. The van der Waals surface area contributed by atoms with Gasteiger partial charge in [0.15, 0.2) is 7.98 Å².